The van der Waals surface area contributed by atoms with Crippen LogP contribution in [0.3, 0.4) is 0 Å². The van der Waals surface area contributed by atoms with Crippen LogP contribution in [0.5, 0.6) is 5.75 Å². The van der Waals surface area contributed by atoms with Crippen molar-refractivity contribution < 1.29 is 5.11 Å². The number of nitrogens with two attached hydrogens (primary N) is 1. The molecular weight excluding hydrogens is 212 g/mol. The molecule has 17 heavy (non-hydrogen) atoms. The highest BCUT2D eigenvalue weighted by molar-refractivity contribution is 5.85. The normalized spacial score (nSPS) is 17.5. The van der Waals surface area contributed by atoms with Crippen molar-refractivity contribution in [3.63, 3.8) is 0 Å². The van der Waals surface area contributed by atoms with Crippen molar-refractivity contribution in [2.45, 2.75) is 38.1 Å². The van der Waals surface area contributed by atoms with Crippen LogP contribution in [0.4, 0.5) is 0 Å². The molecule has 0 spiro atoms. The van der Waals surface area contributed by atoms with Gasteiger partial charge < -0.3 is 15.8 Å². The van der Waals surface area contributed by atoms with E-state index in [1.165, 1.54) is 16.6 Å². The summed E-state index contributed by atoms with van der Waals surface area (Å²) in [4.78, 5) is 3.32. The van der Waals surface area contributed by atoms with E-state index in [1.54, 1.807) is 12.1 Å². The zero-order chi connectivity index (χ0) is 12.0. The van der Waals surface area contributed by atoms with Gasteiger partial charge in [0.2, 0.25) is 0 Å². The van der Waals surface area contributed by atoms with Crippen LogP contribution >= 0.6 is 0 Å². The monoisotopic (exact) mass is 230 g/mol. The molecule has 3 nitrogen and oxygen atoms in total. The quantitative estimate of drug-likeness (QED) is 0.759. The molecule has 3 heteroatoms. The molecule has 4 N–H and O–H groups in total. The van der Waals surface area contributed by atoms with Crippen molar-refractivity contribution in [2.75, 3.05) is 0 Å². The molecule has 1 aliphatic rings. The number of hydrogen-bond donors (Lipinski definition) is 3. The second kappa shape index (κ2) is 3.50. The first-order valence-electron chi connectivity index (χ1n) is 6.16. The van der Waals surface area contributed by atoms with Crippen molar-refractivity contribution in [1.82, 2.24) is 4.98 Å². The van der Waals surface area contributed by atoms with Gasteiger partial charge in [-0.05, 0) is 50.3 Å². The fourth-order valence-electron chi connectivity index (χ4n) is 2.48. The summed E-state index contributed by atoms with van der Waals surface area (Å²) in [5, 5.41) is 10.7. The lowest BCUT2D eigenvalue weighted by atomic mass is 10.0. The van der Waals surface area contributed by atoms with Crippen LogP contribution in [0.2, 0.25) is 0 Å². The molecule has 1 aromatic carbocycles. The number of aromatic amines is 1. The van der Waals surface area contributed by atoms with Crippen LogP contribution in [0.25, 0.3) is 10.9 Å². The van der Waals surface area contributed by atoms with Crippen LogP contribution in [-0.4, -0.2) is 15.6 Å². The highest BCUT2D eigenvalue weighted by Crippen LogP contribution is 2.37. The Morgan fingerprint density at radius 1 is 1.41 bits per heavy atom. The minimum atomic E-state index is 0.104. The molecule has 0 bridgehead atoms. The highest BCUT2D eigenvalue weighted by atomic mass is 16.3. The van der Waals surface area contributed by atoms with E-state index in [0.717, 1.165) is 31.2 Å². The average molecular weight is 230 g/mol. The second-order valence-electron chi connectivity index (χ2n) is 5.32. The molecule has 2 aromatic rings. The molecule has 90 valence electrons. The summed E-state index contributed by atoms with van der Waals surface area (Å²) >= 11 is 0. The number of H-pyrrole nitrogens is 1. The number of hydrogen-bond acceptors (Lipinski definition) is 2. The molecule has 0 radical (unpaired) electrons. The predicted octanol–water partition coefficient (Wildman–Crippen LogP) is 2.61. The van der Waals surface area contributed by atoms with Gasteiger partial charge in [-0.2, -0.15) is 0 Å². The molecular formula is C14H18N2O. The maximum atomic E-state index is 9.46. The molecule has 3 rings (SSSR count). The van der Waals surface area contributed by atoms with Crippen LogP contribution in [0.1, 0.15) is 30.5 Å². The summed E-state index contributed by atoms with van der Waals surface area (Å²) in [6.07, 6.45) is 4.40. The van der Waals surface area contributed by atoms with Gasteiger partial charge in [-0.3, -0.25) is 0 Å². The molecule has 0 aliphatic heterocycles. The van der Waals surface area contributed by atoms with Crippen LogP contribution in [0, 0.1) is 6.92 Å². The number of aromatic nitrogens is 1. The molecule has 0 saturated heterocycles. The van der Waals surface area contributed by atoms with E-state index in [9.17, 15) is 5.11 Å². The Kier molecular flexibility index (Phi) is 2.20. The lowest BCUT2D eigenvalue weighted by molar-refractivity contribution is 0.476. The van der Waals surface area contributed by atoms with E-state index in [2.05, 4.69) is 11.9 Å². The second-order valence-corrected chi connectivity index (χ2v) is 5.32. The Hall–Kier alpha value is -1.48. The number of phenolic OH excluding ortho intramolecular Hbond substituents is 1. The Balaban J connectivity index is 1.94. The Labute approximate surface area is 101 Å². The van der Waals surface area contributed by atoms with Crippen molar-refractivity contribution in [1.29, 1.82) is 0 Å². The molecule has 0 atom stereocenters. The number of aryl methyl sites for hydroxylation is 2. The van der Waals surface area contributed by atoms with Gasteiger partial charge >= 0.3 is 0 Å². The predicted molar refractivity (Wildman–Crippen MR) is 69.2 cm³/mol. The van der Waals surface area contributed by atoms with Crippen LogP contribution in [-0.2, 0) is 6.42 Å². The van der Waals surface area contributed by atoms with Gasteiger partial charge in [-0.25, -0.2) is 0 Å². The number of rotatable bonds is 3. The van der Waals surface area contributed by atoms with Gasteiger partial charge in [0, 0.05) is 28.2 Å². The number of benzene rings is 1. The van der Waals surface area contributed by atoms with Gasteiger partial charge in [0.25, 0.3) is 0 Å². The van der Waals surface area contributed by atoms with E-state index in [4.69, 9.17) is 5.73 Å². The van der Waals surface area contributed by atoms with E-state index in [-0.39, 0.29) is 5.54 Å². The van der Waals surface area contributed by atoms with E-state index in [1.807, 2.05) is 6.07 Å². The average Bonchev–Trinajstić information content (AvgIpc) is 2.91. The zero-order valence-electron chi connectivity index (χ0n) is 10.1. The standard InChI is InChI=1S/C14H18N2O/c1-9-11(4-5-14(15)6-7-14)12-3-2-10(17)8-13(12)16-9/h2-3,8,16-17H,4-7,15H2,1H3. The maximum Gasteiger partial charge on any atom is 0.117 e. The minimum absolute atomic E-state index is 0.104. The number of aromatic hydroxyl groups is 1. The van der Waals surface area contributed by atoms with E-state index < -0.39 is 0 Å². The molecule has 0 unspecified atom stereocenters. The van der Waals surface area contributed by atoms with Crippen molar-refractivity contribution in [3.8, 4) is 5.75 Å². The van der Waals surface area contributed by atoms with Crippen molar-refractivity contribution in [3.05, 3.63) is 29.5 Å². The lowest BCUT2D eigenvalue weighted by Gasteiger charge is -2.08. The van der Waals surface area contributed by atoms with Gasteiger partial charge in [0.05, 0.1) is 0 Å². The molecule has 0 amide bonds. The number of fused-ring (bicyclic) bond motifs is 1. The first-order chi connectivity index (χ1) is 8.07. The molecule has 1 saturated carbocycles. The summed E-state index contributed by atoms with van der Waals surface area (Å²) in [5.41, 5.74) is 9.78. The summed E-state index contributed by atoms with van der Waals surface area (Å²) in [7, 11) is 0. The van der Waals surface area contributed by atoms with Crippen LogP contribution in [0.15, 0.2) is 18.2 Å². The first kappa shape index (κ1) is 10.7. The minimum Gasteiger partial charge on any atom is -0.508 e. The molecule has 1 aromatic heterocycles. The highest BCUT2D eigenvalue weighted by Gasteiger charge is 2.37. The summed E-state index contributed by atoms with van der Waals surface area (Å²) in [6.45, 7) is 2.09. The number of nitrogens with one attached hydrogen (secondary N) is 1. The van der Waals surface area contributed by atoms with Gasteiger partial charge in [0.15, 0.2) is 0 Å². The van der Waals surface area contributed by atoms with Crippen molar-refractivity contribution >= 4 is 10.9 Å². The maximum absolute atomic E-state index is 9.46. The third-order valence-corrected chi connectivity index (χ3v) is 3.87. The van der Waals surface area contributed by atoms with E-state index >= 15 is 0 Å². The largest absolute Gasteiger partial charge is 0.508 e. The summed E-state index contributed by atoms with van der Waals surface area (Å²) in [6, 6.07) is 5.51. The SMILES string of the molecule is Cc1[nH]c2cc(O)ccc2c1CCC1(N)CC1. The zero-order valence-corrected chi connectivity index (χ0v) is 10.1. The fraction of sp³-hybridized carbons (Fsp3) is 0.429. The van der Waals surface area contributed by atoms with Gasteiger partial charge in [0.1, 0.15) is 5.75 Å². The third kappa shape index (κ3) is 1.91. The van der Waals surface area contributed by atoms with E-state index in [0.29, 0.717) is 5.75 Å². The Morgan fingerprint density at radius 3 is 2.88 bits per heavy atom. The molecule has 1 heterocycles. The molecule has 1 fully saturated rings. The van der Waals surface area contributed by atoms with Crippen LogP contribution < -0.4 is 5.73 Å². The summed E-state index contributed by atoms with van der Waals surface area (Å²) in [5.74, 6) is 0.308. The topological polar surface area (TPSA) is 62.0 Å². The third-order valence-electron chi connectivity index (χ3n) is 3.87. The smallest absolute Gasteiger partial charge is 0.117 e. The fourth-order valence-corrected chi connectivity index (χ4v) is 2.48. The summed E-state index contributed by atoms with van der Waals surface area (Å²) < 4.78 is 0. The lowest BCUT2D eigenvalue weighted by Crippen LogP contribution is -2.22. The van der Waals surface area contributed by atoms with Gasteiger partial charge in [-0.1, -0.05) is 0 Å². The van der Waals surface area contributed by atoms with Crippen molar-refractivity contribution in [2.24, 2.45) is 5.73 Å². The Bertz CT molecular complexity index is 567. The number of phenols is 1. The molecule has 1 aliphatic carbocycles. The van der Waals surface area contributed by atoms with Gasteiger partial charge in [-0.15, -0.1) is 0 Å². The first-order valence-corrected chi connectivity index (χ1v) is 6.16. The Morgan fingerprint density at radius 2 is 2.18 bits per heavy atom.